The van der Waals surface area contributed by atoms with Crippen molar-refractivity contribution in [3.63, 3.8) is 0 Å². The number of aliphatic imine (C=N–C) groups is 1. The highest BCUT2D eigenvalue weighted by atomic mass is 16.5. The van der Waals surface area contributed by atoms with Crippen LogP contribution in [0.1, 0.15) is 38.3 Å². The topological polar surface area (TPSA) is 78.8 Å². The van der Waals surface area contributed by atoms with Crippen LogP contribution in [0.2, 0.25) is 0 Å². The molecule has 0 aromatic heterocycles. The minimum absolute atomic E-state index is 0.0143. The van der Waals surface area contributed by atoms with E-state index in [2.05, 4.69) is 17.2 Å². The lowest BCUT2D eigenvalue weighted by Gasteiger charge is -2.28. The summed E-state index contributed by atoms with van der Waals surface area (Å²) < 4.78 is 10.8. The number of carbonyl (C=O) groups excluding carboxylic acids is 1. The van der Waals surface area contributed by atoms with Crippen molar-refractivity contribution in [2.75, 3.05) is 33.4 Å². The molecule has 2 bridgehead atoms. The third-order valence-electron chi connectivity index (χ3n) is 5.79. The molecule has 3 heterocycles. The van der Waals surface area contributed by atoms with Crippen molar-refractivity contribution in [1.82, 2.24) is 15.2 Å². The fourth-order valence-electron chi connectivity index (χ4n) is 4.03. The van der Waals surface area contributed by atoms with Crippen molar-refractivity contribution in [3.8, 4) is 5.75 Å². The summed E-state index contributed by atoms with van der Waals surface area (Å²) in [7, 11) is 1.65. The number of rotatable bonds is 8. The molecule has 2 atom stereocenters. The van der Waals surface area contributed by atoms with E-state index in [1.807, 2.05) is 36.2 Å². The zero-order valence-corrected chi connectivity index (χ0v) is 17.8. The van der Waals surface area contributed by atoms with Crippen molar-refractivity contribution in [3.05, 3.63) is 41.6 Å². The SMILES string of the molecule is CCOCCC(CC)C1=NC=C2CN1N=C1NC(c3ccc(OC)cc3)CN1C2=O. The monoisotopic (exact) mass is 411 g/mol. The Morgan fingerprint density at radius 3 is 2.77 bits per heavy atom. The minimum atomic E-state index is -0.0371. The lowest BCUT2D eigenvalue weighted by atomic mass is 10.00. The average molecular weight is 412 g/mol. The van der Waals surface area contributed by atoms with Crippen molar-refractivity contribution in [2.45, 2.75) is 32.7 Å². The number of fused-ring (bicyclic) bond motifs is 3. The Kier molecular flexibility index (Phi) is 6.03. The van der Waals surface area contributed by atoms with Gasteiger partial charge in [0.1, 0.15) is 11.6 Å². The quantitative estimate of drug-likeness (QED) is 0.665. The fraction of sp³-hybridized carbons (Fsp3) is 0.500. The molecular formula is C22H29N5O3. The predicted octanol–water partition coefficient (Wildman–Crippen LogP) is 2.50. The second-order valence-electron chi connectivity index (χ2n) is 7.60. The number of amides is 1. The molecule has 8 heteroatoms. The zero-order chi connectivity index (χ0) is 21.1. The lowest BCUT2D eigenvalue weighted by Crippen LogP contribution is -2.37. The van der Waals surface area contributed by atoms with Gasteiger partial charge in [0.2, 0.25) is 5.96 Å². The first kappa shape index (κ1) is 20.4. The molecule has 0 saturated carbocycles. The summed E-state index contributed by atoms with van der Waals surface area (Å²) in [6.45, 7) is 6.54. The summed E-state index contributed by atoms with van der Waals surface area (Å²) in [6, 6.07) is 7.88. The van der Waals surface area contributed by atoms with Crippen LogP contribution in [0, 0.1) is 5.92 Å². The van der Waals surface area contributed by atoms with Crippen LogP contribution >= 0.6 is 0 Å². The van der Waals surface area contributed by atoms with Gasteiger partial charge in [0.05, 0.1) is 31.8 Å². The minimum Gasteiger partial charge on any atom is -0.497 e. The molecule has 3 aliphatic heterocycles. The van der Waals surface area contributed by atoms with E-state index in [4.69, 9.17) is 14.6 Å². The molecule has 1 fully saturated rings. The highest BCUT2D eigenvalue weighted by molar-refractivity contribution is 6.09. The number of methoxy groups -OCH3 is 1. The van der Waals surface area contributed by atoms with Crippen LogP contribution in [-0.2, 0) is 9.53 Å². The van der Waals surface area contributed by atoms with Gasteiger partial charge in [-0.1, -0.05) is 19.1 Å². The first-order valence-electron chi connectivity index (χ1n) is 10.6. The van der Waals surface area contributed by atoms with Gasteiger partial charge in [-0.2, -0.15) is 0 Å². The first-order chi connectivity index (χ1) is 14.6. The van der Waals surface area contributed by atoms with Gasteiger partial charge in [0.15, 0.2) is 0 Å². The number of carbonyl (C=O) groups is 1. The fourth-order valence-corrected chi connectivity index (χ4v) is 4.03. The van der Waals surface area contributed by atoms with E-state index in [1.54, 1.807) is 18.2 Å². The second-order valence-corrected chi connectivity index (χ2v) is 7.60. The molecule has 1 saturated heterocycles. The maximum Gasteiger partial charge on any atom is 0.260 e. The second kappa shape index (κ2) is 8.87. The summed E-state index contributed by atoms with van der Waals surface area (Å²) >= 11 is 0. The van der Waals surface area contributed by atoms with Crippen LogP contribution < -0.4 is 10.1 Å². The molecular weight excluding hydrogens is 382 g/mol. The number of guanidine groups is 1. The van der Waals surface area contributed by atoms with Crippen LogP contribution in [0.3, 0.4) is 0 Å². The van der Waals surface area contributed by atoms with E-state index < -0.39 is 0 Å². The van der Waals surface area contributed by atoms with E-state index in [9.17, 15) is 4.79 Å². The molecule has 160 valence electrons. The van der Waals surface area contributed by atoms with Crippen molar-refractivity contribution < 1.29 is 14.3 Å². The van der Waals surface area contributed by atoms with Gasteiger partial charge in [0.25, 0.3) is 5.91 Å². The lowest BCUT2D eigenvalue weighted by molar-refractivity contribution is -0.123. The molecule has 1 amide bonds. The van der Waals surface area contributed by atoms with Crippen LogP contribution in [0.5, 0.6) is 5.75 Å². The number of hydrogen-bond acceptors (Lipinski definition) is 7. The zero-order valence-electron chi connectivity index (χ0n) is 17.8. The van der Waals surface area contributed by atoms with Crippen LogP contribution in [0.4, 0.5) is 0 Å². The Bertz CT molecular complexity index is 877. The molecule has 0 spiro atoms. The number of amidine groups is 1. The van der Waals surface area contributed by atoms with Gasteiger partial charge in [-0.15, -0.1) is 5.10 Å². The van der Waals surface area contributed by atoms with Crippen molar-refractivity contribution in [2.24, 2.45) is 16.0 Å². The smallest absolute Gasteiger partial charge is 0.260 e. The Morgan fingerprint density at radius 1 is 1.27 bits per heavy atom. The standard InChI is InChI=1S/C22H29N5O3/c1-4-15(10-11-30-5-2)20-23-12-17-13-27(20)25-22-24-19(14-26(22)21(17)28)16-6-8-18(29-3)9-7-16/h6-9,12,15,19H,4-5,10-11,13-14H2,1-3H3,(H,24,25). The van der Waals surface area contributed by atoms with Crippen LogP contribution in [0.15, 0.2) is 46.1 Å². The Balaban J connectivity index is 1.57. The molecule has 3 aliphatic rings. The molecule has 1 N–H and O–H groups in total. The number of hydrazone groups is 1. The molecule has 1 aromatic rings. The Hall–Kier alpha value is -2.87. The molecule has 0 aliphatic carbocycles. The third-order valence-corrected chi connectivity index (χ3v) is 5.79. The van der Waals surface area contributed by atoms with Crippen LogP contribution in [-0.4, -0.2) is 61.0 Å². The van der Waals surface area contributed by atoms with Gasteiger partial charge in [-0.3, -0.25) is 9.69 Å². The van der Waals surface area contributed by atoms with Gasteiger partial charge in [-0.05, 0) is 37.5 Å². The largest absolute Gasteiger partial charge is 0.497 e. The van der Waals surface area contributed by atoms with E-state index in [0.717, 1.165) is 30.0 Å². The van der Waals surface area contributed by atoms with Gasteiger partial charge in [0, 0.05) is 25.3 Å². The molecule has 2 unspecified atom stereocenters. The summed E-state index contributed by atoms with van der Waals surface area (Å²) in [4.78, 5) is 19.4. The Morgan fingerprint density at radius 2 is 2.07 bits per heavy atom. The predicted molar refractivity (Wildman–Crippen MR) is 115 cm³/mol. The van der Waals surface area contributed by atoms with E-state index >= 15 is 0 Å². The number of nitrogens with zero attached hydrogens (tertiary/aromatic N) is 4. The van der Waals surface area contributed by atoms with E-state index in [1.165, 1.54) is 0 Å². The first-order valence-corrected chi connectivity index (χ1v) is 10.6. The number of nitrogens with one attached hydrogen (secondary N) is 1. The normalized spacial score (nSPS) is 21.2. The number of hydrogen-bond donors (Lipinski definition) is 1. The highest BCUT2D eigenvalue weighted by Crippen LogP contribution is 2.28. The molecule has 30 heavy (non-hydrogen) atoms. The highest BCUT2D eigenvalue weighted by Gasteiger charge is 2.39. The number of ether oxygens (including phenoxy) is 2. The van der Waals surface area contributed by atoms with Gasteiger partial charge < -0.3 is 14.8 Å². The van der Waals surface area contributed by atoms with Crippen molar-refractivity contribution >= 4 is 17.7 Å². The maximum absolute atomic E-state index is 13.1. The summed E-state index contributed by atoms with van der Waals surface area (Å²) in [5.41, 5.74) is 1.75. The third kappa shape index (κ3) is 3.92. The van der Waals surface area contributed by atoms with Crippen molar-refractivity contribution in [1.29, 1.82) is 0 Å². The Labute approximate surface area is 177 Å². The van der Waals surface area contributed by atoms with E-state index in [-0.39, 0.29) is 17.9 Å². The molecule has 1 aromatic carbocycles. The number of benzene rings is 1. The summed E-state index contributed by atoms with van der Waals surface area (Å²) in [5, 5.41) is 10.1. The van der Waals surface area contributed by atoms with Gasteiger partial charge in [-0.25, -0.2) is 10.0 Å². The molecule has 0 radical (unpaired) electrons. The van der Waals surface area contributed by atoms with Gasteiger partial charge >= 0.3 is 0 Å². The maximum atomic E-state index is 13.1. The summed E-state index contributed by atoms with van der Waals surface area (Å²) in [6.07, 6.45) is 3.54. The molecule has 4 rings (SSSR count). The van der Waals surface area contributed by atoms with Crippen LogP contribution in [0.25, 0.3) is 0 Å². The summed E-state index contributed by atoms with van der Waals surface area (Å²) in [5.74, 6) is 2.49. The molecule has 8 nitrogen and oxygen atoms in total. The average Bonchev–Trinajstić information content (AvgIpc) is 3.16. The van der Waals surface area contributed by atoms with E-state index in [0.29, 0.717) is 37.8 Å².